The van der Waals surface area contributed by atoms with Gasteiger partial charge in [0, 0.05) is 43.0 Å². The molecule has 272 valence electrons. The van der Waals surface area contributed by atoms with Crippen LogP contribution in [0.5, 0.6) is 0 Å². The molecule has 4 heterocycles. The molecule has 13 heteroatoms. The SMILES string of the molecule is Cc1ccc(C(=O)NCc2cc3nc(-c4cccc(N5C[C@@H](CCCCCNC(=O)OC(C)(C)C)O[C@@H](C)C5)n4)ccc3cn2)cc1S(C)(=O)=O. The van der Waals surface area contributed by atoms with Gasteiger partial charge in [-0.2, -0.15) is 0 Å². The minimum Gasteiger partial charge on any atom is -0.444 e. The molecule has 1 aliphatic heterocycles. The number of benzene rings is 1. The monoisotopic (exact) mass is 716 g/mol. The third kappa shape index (κ3) is 10.7. The molecule has 2 N–H and O–H groups in total. The summed E-state index contributed by atoms with van der Waals surface area (Å²) >= 11 is 0. The number of sulfone groups is 1. The molecule has 0 radical (unpaired) electrons. The van der Waals surface area contributed by atoms with E-state index in [4.69, 9.17) is 19.4 Å². The molecule has 1 aromatic carbocycles. The Balaban J connectivity index is 1.19. The summed E-state index contributed by atoms with van der Waals surface area (Å²) < 4.78 is 35.8. The predicted molar refractivity (Wildman–Crippen MR) is 197 cm³/mol. The van der Waals surface area contributed by atoms with Gasteiger partial charge >= 0.3 is 6.09 Å². The fraction of sp³-hybridized carbons (Fsp3) is 0.447. The standard InChI is InChI=1S/C38H48N6O6S/c1-25-14-15-27(19-34(25)51(6,47)48)36(45)41-22-29-20-33-28(21-40-29)16-17-32(42-33)31-12-10-13-35(43-31)44-23-26(2)49-30(24-44)11-8-7-9-18-39-37(46)50-38(3,4)5/h10,12-17,19-21,26,30H,7-9,11,18,22-24H2,1-6H3,(H,39,46)(H,41,45)/t26-,30+/m0/s1. The van der Waals surface area contributed by atoms with E-state index in [1.165, 1.54) is 6.07 Å². The molecule has 1 aliphatic rings. The summed E-state index contributed by atoms with van der Waals surface area (Å²) in [5.74, 6) is 0.473. The summed E-state index contributed by atoms with van der Waals surface area (Å²) in [5, 5.41) is 6.51. The molecule has 3 aromatic heterocycles. The van der Waals surface area contributed by atoms with Crippen molar-refractivity contribution in [1.29, 1.82) is 0 Å². The first-order valence-electron chi connectivity index (χ1n) is 17.3. The van der Waals surface area contributed by atoms with Crippen LogP contribution in [-0.4, -0.2) is 79.1 Å². The molecule has 0 unspecified atom stereocenters. The normalized spacial score (nSPS) is 16.5. The number of hydrogen-bond donors (Lipinski definition) is 2. The van der Waals surface area contributed by atoms with Gasteiger partial charge in [-0.05, 0) is 95.5 Å². The lowest BCUT2D eigenvalue weighted by Gasteiger charge is -2.37. The Hall–Kier alpha value is -4.62. The Bertz CT molecular complexity index is 1980. The van der Waals surface area contributed by atoms with Crippen LogP contribution in [-0.2, 0) is 25.9 Å². The van der Waals surface area contributed by atoms with Gasteiger partial charge in [-0.1, -0.05) is 25.0 Å². The number of pyridine rings is 3. The Kier molecular flexibility index (Phi) is 11.9. The molecular formula is C38H48N6O6S. The lowest BCUT2D eigenvalue weighted by molar-refractivity contribution is -0.0210. The summed E-state index contributed by atoms with van der Waals surface area (Å²) in [6.45, 7) is 11.5. The second kappa shape index (κ2) is 16.2. The van der Waals surface area contributed by atoms with Crippen LogP contribution in [0.2, 0.25) is 0 Å². The number of alkyl carbamates (subject to hydrolysis) is 1. The van der Waals surface area contributed by atoms with Crippen molar-refractivity contribution >= 4 is 38.6 Å². The van der Waals surface area contributed by atoms with E-state index in [1.807, 2.05) is 57.2 Å². The molecule has 0 bridgehead atoms. The number of nitrogens with zero attached hydrogens (tertiary/aromatic N) is 4. The molecule has 2 amide bonds. The fourth-order valence-electron chi connectivity index (χ4n) is 6.02. The van der Waals surface area contributed by atoms with Gasteiger partial charge in [0.05, 0.1) is 46.2 Å². The number of amides is 2. The van der Waals surface area contributed by atoms with Crippen LogP contribution >= 0.6 is 0 Å². The third-order valence-electron chi connectivity index (χ3n) is 8.43. The van der Waals surface area contributed by atoms with Crippen LogP contribution in [0.25, 0.3) is 22.3 Å². The van der Waals surface area contributed by atoms with Crippen LogP contribution in [0, 0.1) is 6.92 Å². The molecule has 2 atom stereocenters. The highest BCUT2D eigenvalue weighted by atomic mass is 32.2. The van der Waals surface area contributed by atoms with Crippen molar-refractivity contribution in [1.82, 2.24) is 25.6 Å². The van der Waals surface area contributed by atoms with E-state index in [-0.39, 0.29) is 35.3 Å². The van der Waals surface area contributed by atoms with Gasteiger partial charge in [0.25, 0.3) is 5.91 Å². The molecule has 51 heavy (non-hydrogen) atoms. The van der Waals surface area contributed by atoms with Crippen molar-refractivity contribution in [3.05, 3.63) is 77.6 Å². The Morgan fingerprint density at radius 2 is 1.76 bits per heavy atom. The van der Waals surface area contributed by atoms with Crippen LogP contribution in [0.1, 0.15) is 75.0 Å². The maximum absolute atomic E-state index is 12.9. The van der Waals surface area contributed by atoms with E-state index >= 15 is 0 Å². The number of aryl methyl sites for hydroxylation is 1. The zero-order chi connectivity index (χ0) is 36.8. The number of unbranched alkanes of at least 4 members (excludes halogenated alkanes) is 2. The highest BCUT2D eigenvalue weighted by Crippen LogP contribution is 2.26. The Labute approximate surface area is 300 Å². The number of fused-ring (bicyclic) bond motifs is 1. The van der Waals surface area contributed by atoms with Crippen molar-refractivity contribution in [2.45, 2.75) is 89.6 Å². The van der Waals surface area contributed by atoms with Gasteiger partial charge in [-0.15, -0.1) is 0 Å². The quantitative estimate of drug-likeness (QED) is 0.167. The van der Waals surface area contributed by atoms with Gasteiger partial charge in [0.2, 0.25) is 0 Å². The minimum atomic E-state index is -3.46. The average Bonchev–Trinajstić information content (AvgIpc) is 3.07. The number of rotatable bonds is 12. The molecule has 0 spiro atoms. The maximum Gasteiger partial charge on any atom is 0.407 e. The number of aromatic nitrogens is 3. The van der Waals surface area contributed by atoms with E-state index in [1.54, 1.807) is 25.3 Å². The average molecular weight is 717 g/mol. The van der Waals surface area contributed by atoms with Crippen molar-refractivity contribution < 1.29 is 27.5 Å². The summed E-state index contributed by atoms with van der Waals surface area (Å²) in [5.41, 5.74) is 3.15. The third-order valence-corrected chi connectivity index (χ3v) is 9.67. The van der Waals surface area contributed by atoms with Crippen molar-refractivity contribution in [2.75, 3.05) is 30.8 Å². The van der Waals surface area contributed by atoms with Gasteiger partial charge in [0.1, 0.15) is 11.4 Å². The van der Waals surface area contributed by atoms with Gasteiger partial charge in [-0.25, -0.2) is 23.2 Å². The van der Waals surface area contributed by atoms with Gasteiger partial charge in [0.15, 0.2) is 9.84 Å². The zero-order valence-corrected chi connectivity index (χ0v) is 31.0. The molecule has 0 saturated carbocycles. The lowest BCUT2D eigenvalue weighted by Crippen LogP contribution is -2.47. The maximum atomic E-state index is 12.9. The van der Waals surface area contributed by atoms with E-state index in [0.717, 1.165) is 73.1 Å². The number of morpholine rings is 1. The number of hydrogen-bond acceptors (Lipinski definition) is 10. The summed E-state index contributed by atoms with van der Waals surface area (Å²) in [7, 11) is -3.46. The largest absolute Gasteiger partial charge is 0.444 e. The zero-order valence-electron chi connectivity index (χ0n) is 30.2. The first kappa shape index (κ1) is 37.6. The number of ether oxygens (including phenoxy) is 2. The van der Waals surface area contributed by atoms with Crippen LogP contribution in [0.3, 0.4) is 0 Å². The molecule has 5 rings (SSSR count). The van der Waals surface area contributed by atoms with E-state index in [2.05, 4.69) is 27.4 Å². The topological polar surface area (TPSA) is 153 Å². The van der Waals surface area contributed by atoms with Crippen LogP contribution in [0.15, 0.2) is 65.7 Å². The molecule has 4 aromatic rings. The number of carbonyl (C=O) groups excluding carboxylic acids is 2. The lowest BCUT2D eigenvalue weighted by atomic mass is 10.1. The second-order valence-electron chi connectivity index (χ2n) is 14.1. The summed E-state index contributed by atoms with van der Waals surface area (Å²) in [6, 6.07) is 16.3. The molecule has 1 fully saturated rings. The second-order valence-corrected chi connectivity index (χ2v) is 16.1. The molecule has 12 nitrogen and oxygen atoms in total. The highest BCUT2D eigenvalue weighted by Gasteiger charge is 2.26. The van der Waals surface area contributed by atoms with Crippen LogP contribution < -0.4 is 15.5 Å². The minimum absolute atomic E-state index is 0.0565. The molecule has 1 saturated heterocycles. The van der Waals surface area contributed by atoms with Gasteiger partial charge < -0.3 is 25.0 Å². The van der Waals surface area contributed by atoms with E-state index in [9.17, 15) is 18.0 Å². The van der Waals surface area contributed by atoms with Crippen LogP contribution in [0.4, 0.5) is 10.6 Å². The molecule has 0 aliphatic carbocycles. The smallest absolute Gasteiger partial charge is 0.407 e. The Morgan fingerprint density at radius 3 is 2.53 bits per heavy atom. The van der Waals surface area contributed by atoms with Crippen molar-refractivity contribution in [3.63, 3.8) is 0 Å². The number of anilines is 1. The summed E-state index contributed by atoms with van der Waals surface area (Å²) in [4.78, 5) is 41.5. The first-order valence-corrected chi connectivity index (χ1v) is 19.2. The van der Waals surface area contributed by atoms with E-state index < -0.39 is 21.3 Å². The first-order chi connectivity index (χ1) is 24.1. The predicted octanol–water partition coefficient (Wildman–Crippen LogP) is 6.01. The number of nitrogens with one attached hydrogen (secondary N) is 2. The molecular weight excluding hydrogens is 669 g/mol. The van der Waals surface area contributed by atoms with Crippen molar-refractivity contribution in [3.8, 4) is 11.4 Å². The number of carbonyl (C=O) groups is 2. The summed E-state index contributed by atoms with van der Waals surface area (Å²) in [6.07, 6.45) is 6.37. The Morgan fingerprint density at radius 1 is 0.980 bits per heavy atom. The fourth-order valence-corrected chi connectivity index (χ4v) is 7.02. The van der Waals surface area contributed by atoms with E-state index in [0.29, 0.717) is 17.8 Å². The van der Waals surface area contributed by atoms with Crippen molar-refractivity contribution in [2.24, 2.45) is 0 Å². The van der Waals surface area contributed by atoms with Gasteiger partial charge in [-0.3, -0.25) is 9.78 Å². The highest BCUT2D eigenvalue weighted by molar-refractivity contribution is 7.90.